The zero-order valence-electron chi connectivity index (χ0n) is 14.2. The summed E-state index contributed by atoms with van der Waals surface area (Å²) in [5.41, 5.74) is 1.46. The highest BCUT2D eigenvalue weighted by Gasteiger charge is 2.15. The van der Waals surface area contributed by atoms with Crippen LogP contribution in [0.4, 0.5) is 5.69 Å². The second-order valence-electron chi connectivity index (χ2n) is 5.82. The zero-order valence-corrected chi connectivity index (χ0v) is 14.2. The number of nitrogens with one attached hydrogen (secondary N) is 1. The number of carbonyl (C=O) groups excluding carboxylic acids is 1. The Morgan fingerprint density at radius 1 is 1.19 bits per heavy atom. The number of hydrogen-bond donors (Lipinski definition) is 1. The predicted molar refractivity (Wildman–Crippen MR) is 96.1 cm³/mol. The number of nitro benzene ring substituents is 1. The van der Waals surface area contributed by atoms with Crippen LogP contribution < -0.4 is 14.8 Å². The molecule has 0 radical (unpaired) electrons. The molecular weight excluding hydrogens is 336 g/mol. The molecule has 0 aromatic heterocycles. The molecule has 0 aliphatic carbocycles. The SMILES string of the molecule is C[C@@H](NC(=O)/C=C/c1cccc([N+](=O)[O-])c1)c1ccc2c(c1)OCCO2. The Morgan fingerprint density at radius 3 is 2.73 bits per heavy atom. The first-order chi connectivity index (χ1) is 12.5. The highest BCUT2D eigenvalue weighted by Crippen LogP contribution is 2.32. The van der Waals surface area contributed by atoms with Gasteiger partial charge in [-0.2, -0.15) is 0 Å². The number of nitro groups is 1. The van der Waals surface area contributed by atoms with E-state index in [9.17, 15) is 14.9 Å². The molecule has 1 aliphatic heterocycles. The topological polar surface area (TPSA) is 90.7 Å². The second kappa shape index (κ2) is 7.69. The number of rotatable bonds is 5. The summed E-state index contributed by atoms with van der Waals surface area (Å²) in [6.07, 6.45) is 2.90. The summed E-state index contributed by atoms with van der Waals surface area (Å²) in [7, 11) is 0. The standard InChI is InChI=1S/C19H18N2O5/c1-13(15-6-7-17-18(12-15)26-10-9-25-17)20-19(22)8-5-14-3-2-4-16(11-14)21(23)24/h2-8,11-13H,9-10H2,1H3,(H,20,22)/b8-5+/t13-/m1/s1. The van der Waals surface area contributed by atoms with Gasteiger partial charge in [-0.15, -0.1) is 0 Å². The molecule has 0 spiro atoms. The molecular formula is C19H18N2O5. The average molecular weight is 354 g/mol. The van der Waals surface area contributed by atoms with Crippen LogP contribution >= 0.6 is 0 Å². The third-order valence-corrected chi connectivity index (χ3v) is 3.93. The van der Waals surface area contributed by atoms with Gasteiger partial charge in [0.05, 0.1) is 11.0 Å². The third kappa shape index (κ3) is 4.18. The van der Waals surface area contributed by atoms with Crippen LogP contribution in [-0.4, -0.2) is 24.0 Å². The summed E-state index contributed by atoms with van der Waals surface area (Å²) < 4.78 is 11.0. The predicted octanol–water partition coefficient (Wildman–Crippen LogP) is 3.26. The minimum atomic E-state index is -0.471. The van der Waals surface area contributed by atoms with Crippen molar-refractivity contribution in [3.8, 4) is 11.5 Å². The Kier molecular flexibility index (Phi) is 5.17. The Bertz CT molecular complexity index is 863. The Morgan fingerprint density at radius 2 is 1.96 bits per heavy atom. The summed E-state index contributed by atoms with van der Waals surface area (Å²) in [4.78, 5) is 22.4. The van der Waals surface area contributed by atoms with Gasteiger partial charge in [-0.1, -0.05) is 18.2 Å². The quantitative estimate of drug-likeness (QED) is 0.506. The van der Waals surface area contributed by atoms with Crippen LogP contribution in [-0.2, 0) is 4.79 Å². The van der Waals surface area contributed by atoms with Gasteiger partial charge >= 0.3 is 0 Å². The van der Waals surface area contributed by atoms with Gasteiger partial charge in [0, 0.05) is 18.2 Å². The number of amides is 1. The van der Waals surface area contributed by atoms with E-state index in [1.807, 2.05) is 25.1 Å². The van der Waals surface area contributed by atoms with E-state index in [4.69, 9.17) is 9.47 Å². The van der Waals surface area contributed by atoms with Gasteiger partial charge in [0.1, 0.15) is 13.2 Å². The smallest absolute Gasteiger partial charge is 0.270 e. The first kappa shape index (κ1) is 17.5. The van der Waals surface area contributed by atoms with Crippen molar-refractivity contribution in [2.24, 2.45) is 0 Å². The molecule has 2 aromatic rings. The van der Waals surface area contributed by atoms with Crippen molar-refractivity contribution < 1.29 is 19.2 Å². The van der Waals surface area contributed by atoms with E-state index >= 15 is 0 Å². The molecule has 7 nitrogen and oxygen atoms in total. The molecule has 1 aliphatic rings. The summed E-state index contributed by atoms with van der Waals surface area (Å²) in [5.74, 6) is 1.07. The number of carbonyl (C=O) groups is 1. The van der Waals surface area contributed by atoms with Gasteiger partial charge < -0.3 is 14.8 Å². The van der Waals surface area contributed by atoms with Gasteiger partial charge in [-0.25, -0.2) is 0 Å². The molecule has 3 rings (SSSR count). The molecule has 1 N–H and O–H groups in total. The molecule has 134 valence electrons. The van der Waals surface area contributed by atoms with Crippen LogP contribution in [0.2, 0.25) is 0 Å². The Hall–Kier alpha value is -3.35. The molecule has 0 fully saturated rings. The van der Waals surface area contributed by atoms with Crippen molar-refractivity contribution in [2.75, 3.05) is 13.2 Å². The number of nitrogens with zero attached hydrogens (tertiary/aromatic N) is 1. The number of hydrogen-bond acceptors (Lipinski definition) is 5. The van der Waals surface area contributed by atoms with Crippen molar-refractivity contribution in [2.45, 2.75) is 13.0 Å². The van der Waals surface area contributed by atoms with E-state index < -0.39 is 4.92 Å². The monoisotopic (exact) mass is 354 g/mol. The minimum absolute atomic E-state index is 0.0165. The largest absolute Gasteiger partial charge is 0.486 e. The lowest BCUT2D eigenvalue weighted by atomic mass is 10.1. The maximum atomic E-state index is 12.1. The van der Waals surface area contributed by atoms with E-state index in [1.165, 1.54) is 18.2 Å². The van der Waals surface area contributed by atoms with Crippen molar-refractivity contribution >= 4 is 17.7 Å². The molecule has 0 saturated heterocycles. The van der Waals surface area contributed by atoms with Crippen LogP contribution in [0.25, 0.3) is 6.08 Å². The highest BCUT2D eigenvalue weighted by atomic mass is 16.6. The highest BCUT2D eigenvalue weighted by molar-refractivity contribution is 5.92. The van der Waals surface area contributed by atoms with Crippen LogP contribution in [0.5, 0.6) is 11.5 Å². The van der Waals surface area contributed by atoms with Crippen molar-refractivity contribution in [1.82, 2.24) is 5.32 Å². The molecule has 0 unspecified atom stereocenters. The molecule has 1 atom stereocenters. The lowest BCUT2D eigenvalue weighted by Crippen LogP contribution is -2.25. The molecule has 0 saturated carbocycles. The summed E-state index contributed by atoms with van der Waals surface area (Å²) >= 11 is 0. The van der Waals surface area contributed by atoms with Crippen molar-refractivity contribution in [1.29, 1.82) is 0 Å². The van der Waals surface area contributed by atoms with Crippen molar-refractivity contribution in [3.05, 3.63) is 69.8 Å². The lowest BCUT2D eigenvalue weighted by molar-refractivity contribution is -0.384. The summed E-state index contributed by atoms with van der Waals surface area (Å²) in [5, 5.41) is 13.6. The fourth-order valence-corrected chi connectivity index (χ4v) is 2.59. The van der Waals surface area contributed by atoms with Gasteiger partial charge in [-0.05, 0) is 36.3 Å². The fourth-order valence-electron chi connectivity index (χ4n) is 2.59. The lowest BCUT2D eigenvalue weighted by Gasteiger charge is -2.20. The van der Waals surface area contributed by atoms with Crippen LogP contribution in [0.3, 0.4) is 0 Å². The van der Waals surface area contributed by atoms with Crippen LogP contribution in [0.15, 0.2) is 48.5 Å². The first-order valence-electron chi connectivity index (χ1n) is 8.15. The molecule has 1 amide bonds. The molecule has 0 bridgehead atoms. The first-order valence-corrected chi connectivity index (χ1v) is 8.15. The van der Waals surface area contributed by atoms with Crippen molar-refractivity contribution in [3.63, 3.8) is 0 Å². The van der Waals surface area contributed by atoms with E-state index in [0.717, 1.165) is 5.56 Å². The minimum Gasteiger partial charge on any atom is -0.486 e. The van der Waals surface area contributed by atoms with Gasteiger partial charge in [0.2, 0.25) is 5.91 Å². The number of non-ortho nitro benzene ring substituents is 1. The average Bonchev–Trinajstić information content (AvgIpc) is 2.66. The maximum Gasteiger partial charge on any atom is 0.270 e. The fraction of sp³-hybridized carbons (Fsp3) is 0.211. The Labute approximate surface area is 150 Å². The van der Waals surface area contributed by atoms with Crippen LogP contribution in [0, 0.1) is 10.1 Å². The molecule has 1 heterocycles. The third-order valence-electron chi connectivity index (χ3n) is 3.93. The van der Waals surface area contributed by atoms with E-state index in [0.29, 0.717) is 30.3 Å². The molecule has 2 aromatic carbocycles. The number of ether oxygens (including phenoxy) is 2. The number of fused-ring (bicyclic) bond motifs is 1. The van der Waals surface area contributed by atoms with E-state index in [1.54, 1.807) is 18.2 Å². The van der Waals surface area contributed by atoms with Crippen LogP contribution in [0.1, 0.15) is 24.1 Å². The molecule has 26 heavy (non-hydrogen) atoms. The van der Waals surface area contributed by atoms with Gasteiger partial charge in [0.15, 0.2) is 11.5 Å². The zero-order chi connectivity index (χ0) is 18.5. The summed E-state index contributed by atoms with van der Waals surface area (Å²) in [6.45, 7) is 2.90. The summed E-state index contributed by atoms with van der Waals surface area (Å²) in [6, 6.07) is 11.4. The number of benzene rings is 2. The van der Waals surface area contributed by atoms with Gasteiger partial charge in [0.25, 0.3) is 5.69 Å². The van der Waals surface area contributed by atoms with E-state index in [2.05, 4.69) is 5.32 Å². The maximum absolute atomic E-state index is 12.1. The Balaban J connectivity index is 1.64. The second-order valence-corrected chi connectivity index (χ2v) is 5.82. The van der Waals surface area contributed by atoms with E-state index in [-0.39, 0.29) is 17.6 Å². The normalized spacial score (nSPS) is 14.0. The van der Waals surface area contributed by atoms with Gasteiger partial charge in [-0.3, -0.25) is 14.9 Å². The molecule has 7 heteroatoms.